The van der Waals surface area contributed by atoms with E-state index < -0.39 is 0 Å². The molecule has 0 aromatic carbocycles. The van der Waals surface area contributed by atoms with E-state index >= 15 is 0 Å². The van der Waals surface area contributed by atoms with Crippen molar-refractivity contribution in [2.45, 2.75) is 52.5 Å². The highest BCUT2D eigenvalue weighted by atomic mass is 16.5. The molecule has 28 heavy (non-hydrogen) atoms. The molecule has 1 aliphatic heterocycles. The maximum atomic E-state index is 5.39. The van der Waals surface area contributed by atoms with Gasteiger partial charge in [0.25, 0.3) is 0 Å². The van der Waals surface area contributed by atoms with Crippen LogP contribution in [0.2, 0.25) is 0 Å². The number of fused-ring (bicyclic) bond motifs is 1. The van der Waals surface area contributed by atoms with Gasteiger partial charge in [-0.3, -0.25) is 4.90 Å². The van der Waals surface area contributed by atoms with Crippen LogP contribution in [0, 0.1) is 0 Å². The van der Waals surface area contributed by atoms with Gasteiger partial charge in [0.2, 0.25) is 5.89 Å². The first kappa shape index (κ1) is 18.9. The van der Waals surface area contributed by atoms with Crippen LogP contribution in [-0.4, -0.2) is 55.8 Å². The van der Waals surface area contributed by atoms with Gasteiger partial charge in [-0.25, -0.2) is 9.50 Å². The van der Waals surface area contributed by atoms with Crippen molar-refractivity contribution in [3.63, 3.8) is 0 Å². The highest BCUT2D eigenvalue weighted by Gasteiger charge is 2.24. The standard InChI is InChI=1S/C20H29N7O/c1-14(2)18-22-17(28-24-18)13-25-8-10-26(11-9-25)19-15-12-16(20(3,4)5)23-27(15)7-6-21-19/h6-7,12,14H,8-11,13H2,1-5H3. The van der Waals surface area contributed by atoms with Gasteiger partial charge >= 0.3 is 0 Å². The minimum absolute atomic E-state index is 0.0148. The second-order valence-corrected chi connectivity index (χ2v) is 8.82. The van der Waals surface area contributed by atoms with Crippen molar-refractivity contribution in [2.24, 2.45) is 0 Å². The van der Waals surface area contributed by atoms with Crippen molar-refractivity contribution in [2.75, 3.05) is 31.1 Å². The second-order valence-electron chi connectivity index (χ2n) is 8.82. The lowest BCUT2D eigenvalue weighted by molar-refractivity contribution is 0.215. The van der Waals surface area contributed by atoms with Gasteiger partial charge in [0.15, 0.2) is 11.6 Å². The Morgan fingerprint density at radius 3 is 2.54 bits per heavy atom. The van der Waals surface area contributed by atoms with E-state index in [2.05, 4.69) is 65.6 Å². The molecule has 0 saturated carbocycles. The number of anilines is 1. The molecule has 0 atom stereocenters. The predicted octanol–water partition coefficient (Wildman–Crippen LogP) is 2.86. The molecule has 3 aromatic rings. The summed E-state index contributed by atoms with van der Waals surface area (Å²) < 4.78 is 7.34. The van der Waals surface area contributed by atoms with E-state index in [1.54, 1.807) is 0 Å². The third-order valence-electron chi connectivity index (χ3n) is 5.17. The number of aromatic nitrogens is 5. The number of piperazine rings is 1. The lowest BCUT2D eigenvalue weighted by atomic mass is 9.92. The van der Waals surface area contributed by atoms with Crippen molar-refractivity contribution in [3.05, 3.63) is 35.9 Å². The van der Waals surface area contributed by atoms with E-state index in [-0.39, 0.29) is 11.3 Å². The third-order valence-corrected chi connectivity index (χ3v) is 5.17. The molecule has 4 heterocycles. The van der Waals surface area contributed by atoms with Crippen LogP contribution in [0.5, 0.6) is 0 Å². The summed E-state index contributed by atoms with van der Waals surface area (Å²) in [5.41, 5.74) is 2.16. The number of hydrogen-bond donors (Lipinski definition) is 0. The van der Waals surface area contributed by atoms with Gasteiger partial charge < -0.3 is 9.42 Å². The van der Waals surface area contributed by atoms with Crippen molar-refractivity contribution >= 4 is 11.3 Å². The summed E-state index contributed by atoms with van der Waals surface area (Å²) in [5.74, 6) is 2.77. The van der Waals surface area contributed by atoms with Crippen LogP contribution >= 0.6 is 0 Å². The van der Waals surface area contributed by atoms with E-state index in [4.69, 9.17) is 9.62 Å². The van der Waals surface area contributed by atoms with Crippen LogP contribution in [0.15, 0.2) is 23.0 Å². The molecule has 0 bridgehead atoms. The SMILES string of the molecule is CC(C)c1noc(CN2CCN(c3nccn4nc(C(C)(C)C)cc34)CC2)n1. The fourth-order valence-corrected chi connectivity index (χ4v) is 3.39. The van der Waals surface area contributed by atoms with E-state index in [1.807, 2.05) is 16.9 Å². The Bertz CT molecular complexity index is 945. The maximum Gasteiger partial charge on any atom is 0.240 e. The first-order valence-corrected chi connectivity index (χ1v) is 9.96. The van der Waals surface area contributed by atoms with E-state index in [0.717, 1.165) is 49.0 Å². The van der Waals surface area contributed by atoms with Gasteiger partial charge in [-0.1, -0.05) is 39.8 Å². The summed E-state index contributed by atoms with van der Waals surface area (Å²) in [6.07, 6.45) is 3.76. The van der Waals surface area contributed by atoms with E-state index in [1.165, 1.54) is 0 Å². The third kappa shape index (κ3) is 3.73. The fraction of sp³-hybridized carbons (Fsp3) is 0.600. The first-order chi connectivity index (χ1) is 13.3. The zero-order chi connectivity index (χ0) is 19.9. The molecule has 1 aliphatic rings. The summed E-state index contributed by atoms with van der Waals surface area (Å²) in [7, 11) is 0. The van der Waals surface area contributed by atoms with Crippen LogP contribution in [0.3, 0.4) is 0 Å². The van der Waals surface area contributed by atoms with Gasteiger partial charge in [0.05, 0.1) is 12.2 Å². The molecule has 8 heteroatoms. The monoisotopic (exact) mass is 383 g/mol. The predicted molar refractivity (Wildman–Crippen MR) is 108 cm³/mol. The summed E-state index contributed by atoms with van der Waals surface area (Å²) in [4.78, 5) is 13.8. The quantitative estimate of drug-likeness (QED) is 0.686. The Morgan fingerprint density at radius 1 is 1.14 bits per heavy atom. The van der Waals surface area contributed by atoms with Crippen LogP contribution in [0.4, 0.5) is 5.82 Å². The summed E-state index contributed by atoms with van der Waals surface area (Å²) >= 11 is 0. The first-order valence-electron chi connectivity index (χ1n) is 9.96. The molecule has 0 spiro atoms. The van der Waals surface area contributed by atoms with Gasteiger partial charge in [-0.05, 0) is 6.07 Å². The number of nitrogens with zero attached hydrogens (tertiary/aromatic N) is 7. The average molecular weight is 384 g/mol. The van der Waals surface area contributed by atoms with E-state index in [0.29, 0.717) is 12.4 Å². The summed E-state index contributed by atoms with van der Waals surface area (Å²) in [6, 6.07) is 2.17. The largest absolute Gasteiger partial charge is 0.352 e. The van der Waals surface area contributed by atoms with Crippen LogP contribution in [-0.2, 0) is 12.0 Å². The minimum Gasteiger partial charge on any atom is -0.352 e. The topological polar surface area (TPSA) is 75.6 Å². The second kappa shape index (κ2) is 7.16. The Hall–Kier alpha value is -2.48. The molecule has 0 amide bonds. The van der Waals surface area contributed by atoms with Gasteiger partial charge in [-0.2, -0.15) is 10.1 Å². The Labute approximate surface area is 165 Å². The van der Waals surface area contributed by atoms with Crippen LogP contribution in [0.1, 0.15) is 57.9 Å². The molecule has 0 radical (unpaired) electrons. The Kier molecular flexibility index (Phi) is 4.82. The molecule has 150 valence electrons. The molecule has 4 rings (SSSR count). The van der Waals surface area contributed by atoms with Gasteiger partial charge in [0, 0.05) is 49.9 Å². The molecular weight excluding hydrogens is 354 g/mol. The van der Waals surface area contributed by atoms with Crippen molar-refractivity contribution in [1.82, 2.24) is 29.6 Å². The highest BCUT2D eigenvalue weighted by Crippen LogP contribution is 2.27. The van der Waals surface area contributed by atoms with E-state index in [9.17, 15) is 0 Å². The van der Waals surface area contributed by atoms with Crippen molar-refractivity contribution < 1.29 is 4.52 Å². The Morgan fingerprint density at radius 2 is 1.89 bits per heavy atom. The fourth-order valence-electron chi connectivity index (χ4n) is 3.39. The molecule has 1 fully saturated rings. The van der Waals surface area contributed by atoms with Crippen LogP contribution in [0.25, 0.3) is 5.52 Å². The molecule has 1 saturated heterocycles. The number of hydrogen-bond acceptors (Lipinski definition) is 7. The highest BCUT2D eigenvalue weighted by molar-refractivity contribution is 5.69. The smallest absolute Gasteiger partial charge is 0.240 e. The lowest BCUT2D eigenvalue weighted by Crippen LogP contribution is -2.46. The normalized spacial score (nSPS) is 16.4. The molecule has 0 N–H and O–H groups in total. The zero-order valence-electron chi connectivity index (χ0n) is 17.4. The van der Waals surface area contributed by atoms with Crippen molar-refractivity contribution in [3.8, 4) is 0 Å². The molecule has 0 aliphatic carbocycles. The summed E-state index contributed by atoms with van der Waals surface area (Å²) in [6.45, 7) is 15.1. The maximum absolute atomic E-state index is 5.39. The van der Waals surface area contributed by atoms with Gasteiger partial charge in [0.1, 0.15) is 5.52 Å². The number of rotatable bonds is 4. The average Bonchev–Trinajstić information content (AvgIpc) is 3.28. The Balaban J connectivity index is 1.45. The zero-order valence-corrected chi connectivity index (χ0v) is 17.4. The lowest BCUT2D eigenvalue weighted by Gasteiger charge is -2.34. The minimum atomic E-state index is 0.0148. The summed E-state index contributed by atoms with van der Waals surface area (Å²) in [5, 5.41) is 8.80. The molecule has 8 nitrogen and oxygen atoms in total. The van der Waals surface area contributed by atoms with Crippen molar-refractivity contribution in [1.29, 1.82) is 0 Å². The van der Waals surface area contributed by atoms with Gasteiger partial charge in [-0.15, -0.1) is 0 Å². The molecular formula is C20H29N7O. The molecule has 0 unspecified atom stereocenters. The van der Waals surface area contributed by atoms with Crippen LogP contribution < -0.4 is 4.90 Å². The molecule has 3 aromatic heterocycles.